The lowest BCUT2D eigenvalue weighted by atomic mass is 10.1. The first-order valence-electron chi connectivity index (χ1n) is 11.8. The Morgan fingerprint density at radius 1 is 1.15 bits per heavy atom. The van der Waals surface area contributed by atoms with Crippen molar-refractivity contribution >= 4 is 17.2 Å². The topological polar surface area (TPSA) is 117 Å². The molecule has 0 fully saturated rings. The van der Waals surface area contributed by atoms with E-state index >= 15 is 0 Å². The second-order valence-electron chi connectivity index (χ2n) is 8.85. The van der Waals surface area contributed by atoms with Gasteiger partial charge in [0.25, 0.3) is 5.91 Å². The molecule has 0 radical (unpaired) electrons. The molecule has 39 heavy (non-hydrogen) atoms. The van der Waals surface area contributed by atoms with E-state index in [1.807, 2.05) is 19.0 Å². The number of rotatable bonds is 10. The van der Waals surface area contributed by atoms with Crippen LogP contribution in [0.4, 0.5) is 14.5 Å². The van der Waals surface area contributed by atoms with Crippen molar-refractivity contribution in [2.75, 3.05) is 26.0 Å². The van der Waals surface area contributed by atoms with Crippen LogP contribution in [0.3, 0.4) is 0 Å². The first kappa shape index (κ1) is 25.8. The van der Waals surface area contributed by atoms with Gasteiger partial charge in [0, 0.05) is 32.2 Å². The molecule has 202 valence electrons. The minimum absolute atomic E-state index is 0.133. The Bertz CT molecular complexity index is 1610. The molecule has 1 aromatic carbocycles. The summed E-state index contributed by atoms with van der Waals surface area (Å²) in [5.74, 6) is 0.184. The van der Waals surface area contributed by atoms with Gasteiger partial charge in [-0.25, -0.2) is 9.50 Å². The van der Waals surface area contributed by atoms with Crippen molar-refractivity contribution in [3.8, 4) is 28.5 Å². The van der Waals surface area contributed by atoms with Crippen LogP contribution in [0.1, 0.15) is 10.4 Å². The predicted molar refractivity (Wildman–Crippen MR) is 137 cm³/mol. The molecule has 1 N–H and O–H groups in total. The van der Waals surface area contributed by atoms with Gasteiger partial charge in [-0.1, -0.05) is 0 Å². The molecule has 0 aliphatic rings. The van der Waals surface area contributed by atoms with Crippen molar-refractivity contribution in [1.29, 1.82) is 0 Å². The van der Waals surface area contributed by atoms with E-state index in [1.54, 1.807) is 48.8 Å². The highest BCUT2D eigenvalue weighted by atomic mass is 19.3. The van der Waals surface area contributed by atoms with E-state index < -0.39 is 12.5 Å². The summed E-state index contributed by atoms with van der Waals surface area (Å²) < 4.78 is 41.9. The van der Waals surface area contributed by atoms with E-state index in [2.05, 4.69) is 25.6 Å². The maximum absolute atomic E-state index is 13.3. The van der Waals surface area contributed by atoms with Crippen molar-refractivity contribution < 1.29 is 23.0 Å². The Balaban J connectivity index is 1.45. The zero-order valence-corrected chi connectivity index (χ0v) is 21.3. The van der Waals surface area contributed by atoms with Gasteiger partial charge in [0.15, 0.2) is 11.4 Å². The summed E-state index contributed by atoms with van der Waals surface area (Å²) >= 11 is 0. The van der Waals surface area contributed by atoms with Crippen LogP contribution >= 0.6 is 0 Å². The molecule has 0 aliphatic heterocycles. The third-order valence-electron chi connectivity index (χ3n) is 5.64. The molecule has 0 atom stereocenters. The minimum atomic E-state index is -3.07. The van der Waals surface area contributed by atoms with Gasteiger partial charge in [0.1, 0.15) is 22.8 Å². The smallest absolute Gasteiger partial charge is 0.387 e. The largest absolute Gasteiger partial charge is 0.454 e. The Morgan fingerprint density at radius 2 is 2.00 bits per heavy atom. The number of carbonyl (C=O) groups is 1. The number of ether oxygens (including phenoxy) is 2. The molecule has 0 bridgehead atoms. The van der Waals surface area contributed by atoms with Crippen LogP contribution in [0.25, 0.3) is 16.9 Å². The summed E-state index contributed by atoms with van der Waals surface area (Å²) in [7, 11) is 5.58. The maximum atomic E-state index is 13.3. The summed E-state index contributed by atoms with van der Waals surface area (Å²) in [6.07, 6.45) is 9.47. The van der Waals surface area contributed by atoms with Crippen LogP contribution < -0.4 is 14.8 Å². The molecule has 5 rings (SSSR count). The maximum Gasteiger partial charge on any atom is 0.387 e. The normalized spacial score (nSPS) is 11.5. The summed E-state index contributed by atoms with van der Waals surface area (Å²) in [5, 5.41) is 15.6. The number of hydrogen-bond acceptors (Lipinski definition) is 8. The summed E-state index contributed by atoms with van der Waals surface area (Å²) in [6.45, 7) is -1.61. The number of carbonyl (C=O) groups excluding carboxylic acids is 1. The molecule has 0 spiro atoms. The standard InChI is InChI=1S/C25H25F2N9O3/c1-33(2)9-10-35-14-17(12-29-35)38-16-5-6-21(39-25(26)27)18(11-16)22-20(15-34(3)32-22)31-24(37)19-13-30-36-8-4-7-28-23(19)36/h4-8,11-15,25H,9-10H2,1-3H3,(H,31,37). The first-order chi connectivity index (χ1) is 18.8. The van der Waals surface area contributed by atoms with Gasteiger partial charge >= 0.3 is 6.61 Å². The van der Waals surface area contributed by atoms with Gasteiger partial charge in [-0.3, -0.25) is 14.2 Å². The highest BCUT2D eigenvalue weighted by Gasteiger charge is 2.22. The van der Waals surface area contributed by atoms with Gasteiger partial charge < -0.3 is 19.7 Å². The molecule has 5 aromatic rings. The number of aryl methyl sites for hydroxylation is 1. The summed E-state index contributed by atoms with van der Waals surface area (Å²) in [4.78, 5) is 19.4. The lowest BCUT2D eigenvalue weighted by molar-refractivity contribution is -0.0494. The minimum Gasteiger partial charge on any atom is -0.454 e. The molecule has 14 heteroatoms. The SMILES string of the molecule is CN(C)CCn1cc(Oc2ccc(OC(F)F)c(-c3nn(C)cc3NC(=O)c3cnn4cccnc34)c2)cn1. The van der Waals surface area contributed by atoms with E-state index in [-0.39, 0.29) is 28.3 Å². The number of amides is 1. The molecule has 0 saturated carbocycles. The fourth-order valence-corrected chi connectivity index (χ4v) is 3.87. The van der Waals surface area contributed by atoms with Crippen molar-refractivity contribution in [2.24, 2.45) is 7.05 Å². The number of halogens is 2. The van der Waals surface area contributed by atoms with Crippen LogP contribution in [0.15, 0.2) is 61.4 Å². The summed E-state index contributed by atoms with van der Waals surface area (Å²) in [5.41, 5.74) is 1.27. The summed E-state index contributed by atoms with van der Waals surface area (Å²) in [6, 6.07) is 6.08. The zero-order valence-electron chi connectivity index (χ0n) is 21.3. The van der Waals surface area contributed by atoms with Gasteiger partial charge in [-0.2, -0.15) is 24.1 Å². The number of alkyl halides is 2. The van der Waals surface area contributed by atoms with Crippen LogP contribution in [-0.2, 0) is 13.6 Å². The van der Waals surface area contributed by atoms with Gasteiger partial charge in [-0.05, 0) is 38.4 Å². The number of nitrogens with one attached hydrogen (secondary N) is 1. The lowest BCUT2D eigenvalue weighted by Crippen LogP contribution is -2.18. The van der Waals surface area contributed by atoms with Gasteiger partial charge in [-0.15, -0.1) is 0 Å². The van der Waals surface area contributed by atoms with Crippen LogP contribution in [0.5, 0.6) is 17.2 Å². The Kier molecular flexibility index (Phi) is 7.19. The molecule has 0 aliphatic carbocycles. The second-order valence-corrected chi connectivity index (χ2v) is 8.85. The molecule has 1 amide bonds. The van der Waals surface area contributed by atoms with E-state index in [0.29, 0.717) is 23.7 Å². The van der Waals surface area contributed by atoms with Gasteiger partial charge in [0.05, 0.1) is 36.4 Å². The van der Waals surface area contributed by atoms with E-state index in [4.69, 9.17) is 9.47 Å². The van der Waals surface area contributed by atoms with Gasteiger partial charge in [0.2, 0.25) is 0 Å². The fourth-order valence-electron chi connectivity index (χ4n) is 3.87. The van der Waals surface area contributed by atoms with Crippen LogP contribution in [0, 0.1) is 0 Å². The molecule has 0 unspecified atom stereocenters. The molecule has 4 heterocycles. The van der Waals surface area contributed by atoms with Crippen molar-refractivity contribution in [1.82, 2.24) is 39.1 Å². The van der Waals surface area contributed by atoms with Crippen LogP contribution in [0.2, 0.25) is 0 Å². The molecular formula is C25H25F2N9O3. The number of aromatic nitrogens is 7. The quantitative estimate of drug-likeness (QED) is 0.288. The highest BCUT2D eigenvalue weighted by Crippen LogP contribution is 2.38. The van der Waals surface area contributed by atoms with Crippen molar-refractivity contribution in [3.63, 3.8) is 0 Å². The van der Waals surface area contributed by atoms with E-state index in [1.165, 1.54) is 33.6 Å². The van der Waals surface area contributed by atoms with Crippen molar-refractivity contribution in [3.05, 3.63) is 67.0 Å². The monoisotopic (exact) mass is 537 g/mol. The lowest BCUT2D eigenvalue weighted by Gasteiger charge is -2.13. The third-order valence-corrected chi connectivity index (χ3v) is 5.64. The van der Waals surface area contributed by atoms with Crippen LogP contribution in [-0.4, -0.2) is 72.2 Å². The Labute approximate surface area is 221 Å². The fraction of sp³-hybridized carbons (Fsp3) is 0.240. The number of fused-ring (bicyclic) bond motifs is 1. The average Bonchev–Trinajstić information content (AvgIpc) is 3.62. The predicted octanol–water partition coefficient (Wildman–Crippen LogP) is 3.53. The molecule has 12 nitrogen and oxygen atoms in total. The second kappa shape index (κ2) is 10.9. The molecule has 0 saturated heterocycles. The third kappa shape index (κ3) is 5.85. The number of hydrogen-bond donors (Lipinski definition) is 1. The Hall–Kier alpha value is -4.85. The first-order valence-corrected chi connectivity index (χ1v) is 11.8. The van der Waals surface area contributed by atoms with E-state index in [0.717, 1.165) is 6.54 Å². The number of anilines is 1. The van der Waals surface area contributed by atoms with Crippen molar-refractivity contribution in [2.45, 2.75) is 13.2 Å². The van der Waals surface area contributed by atoms with E-state index in [9.17, 15) is 13.6 Å². The zero-order chi connectivity index (χ0) is 27.5. The highest BCUT2D eigenvalue weighted by molar-refractivity contribution is 6.09. The average molecular weight is 538 g/mol. The number of nitrogens with zero attached hydrogens (tertiary/aromatic N) is 8. The number of likely N-dealkylation sites (N-methyl/N-ethyl adjacent to an activating group) is 1. The molecule has 4 aromatic heterocycles. The Morgan fingerprint density at radius 3 is 2.79 bits per heavy atom. The number of benzene rings is 1. The molecular weight excluding hydrogens is 512 g/mol.